The number of hydrogen-bond acceptors (Lipinski definition) is 6. The van der Waals surface area contributed by atoms with Gasteiger partial charge in [0.15, 0.2) is 5.82 Å². The van der Waals surface area contributed by atoms with E-state index < -0.39 is 0 Å². The van der Waals surface area contributed by atoms with Crippen molar-refractivity contribution in [3.8, 4) is 11.9 Å². The maximum Gasteiger partial charge on any atom is 0.252 e. The Bertz CT molecular complexity index is 750. The van der Waals surface area contributed by atoms with E-state index in [2.05, 4.69) is 33.0 Å². The molecule has 0 aliphatic carbocycles. The van der Waals surface area contributed by atoms with Crippen LogP contribution in [0.2, 0.25) is 0 Å². The summed E-state index contributed by atoms with van der Waals surface area (Å²) in [7, 11) is 0. The van der Waals surface area contributed by atoms with E-state index in [0.29, 0.717) is 5.82 Å². The summed E-state index contributed by atoms with van der Waals surface area (Å²) < 4.78 is 1.51. The fourth-order valence-electron chi connectivity index (χ4n) is 1.67. The van der Waals surface area contributed by atoms with E-state index in [4.69, 9.17) is 5.26 Å². The highest BCUT2D eigenvalue weighted by atomic mass is 32.1. The quantitative estimate of drug-likeness (QED) is 0.697. The van der Waals surface area contributed by atoms with Crippen molar-refractivity contribution >= 4 is 21.6 Å². The zero-order chi connectivity index (χ0) is 12.5. The van der Waals surface area contributed by atoms with E-state index in [9.17, 15) is 0 Å². The van der Waals surface area contributed by atoms with E-state index in [1.165, 1.54) is 22.2 Å². The molecule has 0 amide bonds. The Morgan fingerprint density at radius 2 is 2.28 bits per heavy atom. The van der Waals surface area contributed by atoms with Crippen molar-refractivity contribution in [1.82, 2.24) is 24.7 Å². The number of thiophene rings is 1. The van der Waals surface area contributed by atoms with Crippen LogP contribution in [-0.2, 0) is 6.42 Å². The van der Waals surface area contributed by atoms with Gasteiger partial charge in [-0.15, -0.1) is 16.4 Å². The molecule has 0 aliphatic rings. The summed E-state index contributed by atoms with van der Waals surface area (Å²) in [6, 6.07) is 3.96. The van der Waals surface area contributed by atoms with Crippen molar-refractivity contribution in [1.29, 1.82) is 5.26 Å². The first-order chi connectivity index (χ1) is 8.81. The molecule has 0 bridgehead atoms. The lowest BCUT2D eigenvalue weighted by Gasteiger charge is -1.99. The molecule has 0 unspecified atom stereocenters. The third-order valence-corrected chi connectivity index (χ3v) is 3.70. The van der Waals surface area contributed by atoms with Gasteiger partial charge in [-0.05, 0) is 12.5 Å². The second-order valence-electron chi connectivity index (χ2n) is 3.61. The monoisotopic (exact) mass is 256 g/mol. The molecule has 0 atom stereocenters. The predicted molar refractivity (Wildman–Crippen MR) is 66.4 cm³/mol. The minimum absolute atomic E-state index is 0.132. The Balaban J connectivity index is 2.22. The number of aryl methyl sites for hydroxylation is 1. The van der Waals surface area contributed by atoms with Gasteiger partial charge in [0.2, 0.25) is 0 Å². The van der Waals surface area contributed by atoms with Crippen LogP contribution in [0.3, 0.4) is 0 Å². The lowest BCUT2D eigenvalue weighted by atomic mass is 10.3. The van der Waals surface area contributed by atoms with Gasteiger partial charge in [0, 0.05) is 4.88 Å². The topological polar surface area (TPSA) is 80.3 Å². The molecule has 0 fully saturated rings. The fraction of sp³-hybridized carbons (Fsp3) is 0.182. The average Bonchev–Trinajstić information content (AvgIpc) is 3.04. The van der Waals surface area contributed by atoms with Gasteiger partial charge in [-0.2, -0.15) is 5.26 Å². The van der Waals surface area contributed by atoms with Crippen molar-refractivity contribution < 1.29 is 0 Å². The highest BCUT2D eigenvalue weighted by Gasteiger charge is 2.11. The largest absolute Gasteiger partial charge is 0.252 e. The number of hydrogen-bond donors (Lipinski definition) is 0. The van der Waals surface area contributed by atoms with Crippen LogP contribution in [0.1, 0.15) is 17.6 Å². The third kappa shape index (κ3) is 1.63. The summed E-state index contributed by atoms with van der Waals surface area (Å²) in [5.41, 5.74) is 0. The number of nitrogens with zero attached hydrogens (tertiary/aromatic N) is 6. The molecule has 18 heavy (non-hydrogen) atoms. The summed E-state index contributed by atoms with van der Waals surface area (Å²) in [5, 5.41) is 13.7. The molecular weight excluding hydrogens is 248 g/mol. The first-order valence-corrected chi connectivity index (χ1v) is 6.19. The molecule has 0 aliphatic heterocycles. The van der Waals surface area contributed by atoms with Crippen LogP contribution >= 0.6 is 11.3 Å². The van der Waals surface area contributed by atoms with Crippen molar-refractivity contribution in [2.75, 3.05) is 0 Å². The van der Waals surface area contributed by atoms with Gasteiger partial charge in [-0.3, -0.25) is 0 Å². The molecule has 0 saturated heterocycles. The second kappa shape index (κ2) is 4.16. The lowest BCUT2D eigenvalue weighted by molar-refractivity contribution is 0.845. The number of aromatic nitrogens is 5. The molecular formula is C11H8N6S. The highest BCUT2D eigenvalue weighted by Crippen LogP contribution is 2.27. The molecule has 0 saturated carbocycles. The maximum absolute atomic E-state index is 8.73. The Kier molecular flexibility index (Phi) is 2.50. The maximum atomic E-state index is 8.73. The van der Waals surface area contributed by atoms with E-state index in [1.54, 1.807) is 11.3 Å². The summed E-state index contributed by atoms with van der Waals surface area (Å²) >= 11 is 1.64. The Morgan fingerprint density at radius 3 is 3.00 bits per heavy atom. The van der Waals surface area contributed by atoms with Crippen LogP contribution in [0, 0.1) is 11.3 Å². The van der Waals surface area contributed by atoms with Crippen LogP contribution in [-0.4, -0.2) is 24.7 Å². The van der Waals surface area contributed by atoms with Crippen LogP contribution in [0.25, 0.3) is 16.0 Å². The van der Waals surface area contributed by atoms with Gasteiger partial charge in [0.1, 0.15) is 23.6 Å². The van der Waals surface area contributed by atoms with Gasteiger partial charge >= 0.3 is 0 Å². The van der Waals surface area contributed by atoms with Gasteiger partial charge in [0.05, 0.1) is 5.39 Å². The molecule has 0 aromatic carbocycles. The Morgan fingerprint density at radius 1 is 1.39 bits per heavy atom. The predicted octanol–water partition coefficient (Wildman–Crippen LogP) is 1.71. The molecule has 3 heterocycles. The third-order valence-electron chi connectivity index (χ3n) is 2.52. The summed E-state index contributed by atoms with van der Waals surface area (Å²) in [6.07, 6.45) is 3.95. The molecule has 3 rings (SSSR count). The van der Waals surface area contributed by atoms with Gasteiger partial charge in [-0.25, -0.2) is 19.6 Å². The standard InChI is InChI=1S/C11H8N6S/c1-2-7-3-8-10(13-5-14-11(8)18-7)17-6-15-9(4-12)16-17/h3,5-6H,2H2,1H3. The summed E-state index contributed by atoms with van der Waals surface area (Å²) in [6.45, 7) is 2.10. The lowest BCUT2D eigenvalue weighted by Crippen LogP contribution is -1.99. The van der Waals surface area contributed by atoms with E-state index >= 15 is 0 Å². The summed E-state index contributed by atoms with van der Waals surface area (Å²) in [5.74, 6) is 0.789. The molecule has 6 nitrogen and oxygen atoms in total. The second-order valence-corrected chi connectivity index (χ2v) is 4.72. The Labute approximate surface area is 107 Å². The molecule has 7 heteroatoms. The number of fused-ring (bicyclic) bond motifs is 1. The highest BCUT2D eigenvalue weighted by molar-refractivity contribution is 7.18. The van der Waals surface area contributed by atoms with Gasteiger partial charge < -0.3 is 0 Å². The van der Waals surface area contributed by atoms with Crippen LogP contribution < -0.4 is 0 Å². The summed E-state index contributed by atoms with van der Waals surface area (Å²) in [4.78, 5) is 14.5. The zero-order valence-corrected chi connectivity index (χ0v) is 10.3. The molecule has 0 radical (unpaired) electrons. The van der Waals surface area contributed by atoms with Crippen LogP contribution in [0.5, 0.6) is 0 Å². The van der Waals surface area contributed by atoms with E-state index in [1.807, 2.05) is 6.07 Å². The van der Waals surface area contributed by atoms with E-state index in [0.717, 1.165) is 16.6 Å². The normalized spacial score (nSPS) is 10.7. The van der Waals surface area contributed by atoms with Crippen LogP contribution in [0.15, 0.2) is 18.7 Å². The Hall–Kier alpha value is -2.33. The number of nitriles is 1. The molecule has 88 valence electrons. The smallest absolute Gasteiger partial charge is 0.225 e. The van der Waals surface area contributed by atoms with Gasteiger partial charge in [0.25, 0.3) is 5.82 Å². The number of rotatable bonds is 2. The van der Waals surface area contributed by atoms with Crippen molar-refractivity contribution in [2.24, 2.45) is 0 Å². The molecule has 3 aromatic rings. The minimum Gasteiger partial charge on any atom is -0.225 e. The van der Waals surface area contributed by atoms with Crippen molar-refractivity contribution in [2.45, 2.75) is 13.3 Å². The van der Waals surface area contributed by atoms with Crippen molar-refractivity contribution in [3.05, 3.63) is 29.4 Å². The SMILES string of the molecule is CCc1cc2c(-n3cnc(C#N)n3)ncnc2s1. The van der Waals surface area contributed by atoms with E-state index in [-0.39, 0.29) is 5.82 Å². The molecule has 0 N–H and O–H groups in total. The van der Waals surface area contributed by atoms with Crippen LogP contribution in [0.4, 0.5) is 0 Å². The molecule has 0 spiro atoms. The van der Waals surface area contributed by atoms with Gasteiger partial charge in [-0.1, -0.05) is 6.92 Å². The zero-order valence-electron chi connectivity index (χ0n) is 9.53. The first-order valence-electron chi connectivity index (χ1n) is 5.37. The average molecular weight is 256 g/mol. The fourth-order valence-corrected chi connectivity index (χ4v) is 2.60. The first kappa shape index (κ1) is 10.8. The molecule has 3 aromatic heterocycles. The minimum atomic E-state index is 0.132. The van der Waals surface area contributed by atoms with Crippen molar-refractivity contribution in [3.63, 3.8) is 0 Å².